The Kier molecular flexibility index (Phi) is 1.73. The summed E-state index contributed by atoms with van der Waals surface area (Å²) in [6.07, 6.45) is 1.60. The summed E-state index contributed by atoms with van der Waals surface area (Å²) in [5.74, 6) is 0.309. The van der Waals surface area contributed by atoms with Gasteiger partial charge in [0.1, 0.15) is 5.82 Å². The van der Waals surface area contributed by atoms with Crippen LogP contribution in [0.4, 0.5) is 10.2 Å². The molecule has 0 aliphatic carbocycles. The third kappa shape index (κ3) is 1.18. The molecule has 13 heavy (non-hydrogen) atoms. The van der Waals surface area contributed by atoms with Gasteiger partial charge in [0.15, 0.2) is 5.67 Å². The van der Waals surface area contributed by atoms with E-state index >= 15 is 0 Å². The molecular formula is C9H12FN3. The zero-order valence-corrected chi connectivity index (χ0v) is 7.47. The number of nitrogens with zero attached hydrogens (tertiary/aromatic N) is 1. The smallest absolute Gasteiger partial charge is 0.164 e. The average Bonchev–Trinajstić information content (AvgIpc) is 2.01. The molecule has 0 aromatic carbocycles. The Balaban J connectivity index is 2.49. The van der Waals surface area contributed by atoms with Crippen LogP contribution in [-0.2, 0) is 5.67 Å². The number of nitrogens with two attached hydrogens (primary N) is 1. The lowest BCUT2D eigenvalue weighted by molar-refractivity contribution is 0.0889. The van der Waals surface area contributed by atoms with Gasteiger partial charge in [-0.3, -0.25) is 0 Å². The van der Waals surface area contributed by atoms with Gasteiger partial charge in [-0.05, 0) is 18.6 Å². The van der Waals surface area contributed by atoms with Gasteiger partial charge in [-0.25, -0.2) is 9.37 Å². The number of anilines is 1. The van der Waals surface area contributed by atoms with Gasteiger partial charge in [0.25, 0.3) is 0 Å². The van der Waals surface area contributed by atoms with Crippen molar-refractivity contribution in [3.8, 4) is 0 Å². The quantitative estimate of drug-likeness (QED) is 0.672. The number of nitrogens with one attached hydrogen (secondary N) is 1. The number of hydrogen-bond donors (Lipinski definition) is 2. The fraction of sp³-hybridized carbons (Fsp3) is 0.444. The second-order valence-corrected chi connectivity index (χ2v) is 3.46. The fourth-order valence-corrected chi connectivity index (χ4v) is 1.68. The summed E-state index contributed by atoms with van der Waals surface area (Å²) in [5, 5.41) is 2.90. The predicted octanol–water partition coefficient (Wildman–Crippen LogP) is 0.740. The van der Waals surface area contributed by atoms with Crippen molar-refractivity contribution < 1.29 is 4.39 Å². The molecule has 4 heteroatoms. The summed E-state index contributed by atoms with van der Waals surface area (Å²) >= 11 is 0. The van der Waals surface area contributed by atoms with Gasteiger partial charge in [-0.1, -0.05) is 0 Å². The standard InChI is InChI=1S/C9H12FN3/c1-6-2-3-13-8(11)7(6)9(10)4-12-5-9/h2-3,12H,4-5H2,1H3,(H2,11,13). The number of alkyl halides is 1. The first-order valence-corrected chi connectivity index (χ1v) is 4.25. The molecule has 1 aliphatic heterocycles. The molecule has 0 saturated carbocycles. The highest BCUT2D eigenvalue weighted by molar-refractivity contribution is 5.49. The van der Waals surface area contributed by atoms with E-state index in [4.69, 9.17) is 5.73 Å². The van der Waals surface area contributed by atoms with E-state index in [2.05, 4.69) is 10.3 Å². The van der Waals surface area contributed by atoms with Crippen molar-refractivity contribution in [3.05, 3.63) is 23.4 Å². The highest BCUT2D eigenvalue weighted by atomic mass is 19.1. The van der Waals surface area contributed by atoms with Crippen LogP contribution in [-0.4, -0.2) is 18.1 Å². The normalized spacial score (nSPS) is 19.5. The zero-order valence-electron chi connectivity index (χ0n) is 7.47. The van der Waals surface area contributed by atoms with Crippen molar-refractivity contribution in [1.29, 1.82) is 0 Å². The van der Waals surface area contributed by atoms with Gasteiger partial charge >= 0.3 is 0 Å². The molecule has 0 spiro atoms. The van der Waals surface area contributed by atoms with E-state index in [0.717, 1.165) is 5.56 Å². The Hall–Kier alpha value is -1.16. The van der Waals surface area contributed by atoms with Crippen LogP contribution in [0.25, 0.3) is 0 Å². The Bertz CT molecular complexity index is 313. The minimum Gasteiger partial charge on any atom is -0.383 e. The molecule has 1 aliphatic rings. The van der Waals surface area contributed by atoms with Crippen LogP contribution in [0.3, 0.4) is 0 Å². The van der Waals surface area contributed by atoms with Crippen molar-refractivity contribution in [1.82, 2.24) is 10.3 Å². The van der Waals surface area contributed by atoms with Crippen LogP contribution < -0.4 is 11.1 Å². The van der Waals surface area contributed by atoms with Crippen molar-refractivity contribution in [2.24, 2.45) is 0 Å². The van der Waals surface area contributed by atoms with Gasteiger partial charge in [0.2, 0.25) is 0 Å². The molecule has 2 heterocycles. The summed E-state index contributed by atoms with van der Waals surface area (Å²) in [4.78, 5) is 3.90. The molecule has 1 aromatic rings. The minimum absolute atomic E-state index is 0.309. The molecule has 1 fully saturated rings. The Morgan fingerprint density at radius 2 is 2.31 bits per heavy atom. The lowest BCUT2D eigenvalue weighted by Crippen LogP contribution is -2.54. The third-order valence-electron chi connectivity index (χ3n) is 2.45. The van der Waals surface area contributed by atoms with Gasteiger partial charge in [0, 0.05) is 24.8 Å². The molecule has 1 aromatic heterocycles. The number of aromatic nitrogens is 1. The van der Waals surface area contributed by atoms with Crippen molar-refractivity contribution >= 4 is 5.82 Å². The number of hydrogen-bond acceptors (Lipinski definition) is 3. The number of halogens is 1. The molecule has 0 bridgehead atoms. The van der Waals surface area contributed by atoms with Crippen LogP contribution in [0.15, 0.2) is 12.3 Å². The summed E-state index contributed by atoms with van der Waals surface area (Å²) in [6.45, 7) is 2.53. The summed E-state index contributed by atoms with van der Waals surface area (Å²) in [6, 6.07) is 1.78. The van der Waals surface area contributed by atoms with E-state index in [1.165, 1.54) is 0 Å². The van der Waals surface area contributed by atoms with Crippen molar-refractivity contribution in [2.45, 2.75) is 12.6 Å². The lowest BCUT2D eigenvalue weighted by Gasteiger charge is -2.36. The van der Waals surface area contributed by atoms with Crippen LogP contribution in [0, 0.1) is 6.92 Å². The van der Waals surface area contributed by atoms with Crippen LogP contribution in [0.5, 0.6) is 0 Å². The Morgan fingerprint density at radius 1 is 1.62 bits per heavy atom. The van der Waals surface area contributed by atoms with E-state index in [0.29, 0.717) is 24.5 Å². The Labute approximate surface area is 76.2 Å². The highest BCUT2D eigenvalue weighted by Crippen LogP contribution is 2.35. The van der Waals surface area contributed by atoms with Gasteiger partial charge in [-0.15, -0.1) is 0 Å². The van der Waals surface area contributed by atoms with Crippen LogP contribution in [0.2, 0.25) is 0 Å². The summed E-state index contributed by atoms with van der Waals surface area (Å²) in [7, 11) is 0. The number of nitrogen functional groups attached to an aromatic ring is 1. The Morgan fingerprint density at radius 3 is 2.77 bits per heavy atom. The first kappa shape index (κ1) is 8.44. The van der Waals surface area contributed by atoms with Gasteiger partial charge in [0.05, 0.1) is 0 Å². The average molecular weight is 181 g/mol. The van der Waals surface area contributed by atoms with E-state index in [1.807, 2.05) is 6.92 Å². The summed E-state index contributed by atoms with van der Waals surface area (Å²) < 4.78 is 14.0. The molecule has 0 atom stereocenters. The van der Waals surface area contributed by atoms with Crippen molar-refractivity contribution in [2.75, 3.05) is 18.8 Å². The maximum atomic E-state index is 14.0. The molecular weight excluding hydrogens is 169 g/mol. The second kappa shape index (κ2) is 2.67. The molecule has 3 nitrogen and oxygen atoms in total. The predicted molar refractivity (Wildman–Crippen MR) is 49.0 cm³/mol. The largest absolute Gasteiger partial charge is 0.383 e. The van der Waals surface area contributed by atoms with E-state index < -0.39 is 5.67 Å². The topological polar surface area (TPSA) is 50.9 Å². The molecule has 0 radical (unpaired) electrons. The molecule has 0 unspecified atom stereocenters. The third-order valence-corrected chi connectivity index (χ3v) is 2.45. The maximum absolute atomic E-state index is 14.0. The first-order chi connectivity index (χ1) is 6.13. The molecule has 70 valence electrons. The first-order valence-electron chi connectivity index (χ1n) is 4.25. The molecule has 3 N–H and O–H groups in total. The summed E-state index contributed by atoms with van der Waals surface area (Å²) in [5.41, 5.74) is 5.76. The monoisotopic (exact) mass is 181 g/mol. The van der Waals surface area contributed by atoms with Gasteiger partial charge < -0.3 is 11.1 Å². The zero-order chi connectivity index (χ0) is 9.47. The van der Waals surface area contributed by atoms with Gasteiger partial charge in [-0.2, -0.15) is 0 Å². The SMILES string of the molecule is Cc1ccnc(N)c1C1(F)CNC1. The van der Waals surface area contributed by atoms with Crippen LogP contribution >= 0.6 is 0 Å². The molecule has 0 amide bonds. The fourth-order valence-electron chi connectivity index (χ4n) is 1.68. The molecule has 2 rings (SSSR count). The second-order valence-electron chi connectivity index (χ2n) is 3.46. The van der Waals surface area contributed by atoms with E-state index in [9.17, 15) is 4.39 Å². The van der Waals surface area contributed by atoms with Crippen LogP contribution in [0.1, 0.15) is 11.1 Å². The maximum Gasteiger partial charge on any atom is 0.164 e. The molecule has 1 saturated heterocycles. The number of aryl methyl sites for hydroxylation is 1. The number of rotatable bonds is 1. The number of pyridine rings is 1. The minimum atomic E-state index is -1.30. The van der Waals surface area contributed by atoms with Crippen molar-refractivity contribution in [3.63, 3.8) is 0 Å². The lowest BCUT2D eigenvalue weighted by atomic mass is 9.87. The van der Waals surface area contributed by atoms with E-state index in [1.54, 1.807) is 12.3 Å². The van der Waals surface area contributed by atoms with E-state index in [-0.39, 0.29) is 0 Å². The highest BCUT2D eigenvalue weighted by Gasteiger charge is 2.41.